The largest absolute Gasteiger partial charge is 0.399 e. The number of rotatable bonds is 2. The van der Waals surface area contributed by atoms with Crippen LogP contribution in [-0.2, 0) is 10.0 Å². The normalized spacial score (nSPS) is 24.8. The summed E-state index contributed by atoms with van der Waals surface area (Å²) in [4.78, 5) is -0.428. The molecule has 0 saturated carbocycles. The number of aryl methyl sites for hydroxylation is 1. The van der Waals surface area contributed by atoms with Gasteiger partial charge >= 0.3 is 0 Å². The predicted octanol–water partition coefficient (Wildman–Crippen LogP) is 0.862. The number of halogens is 1. The zero-order valence-electron chi connectivity index (χ0n) is 10.9. The van der Waals surface area contributed by atoms with E-state index in [1.165, 1.54) is 13.0 Å². The predicted molar refractivity (Wildman–Crippen MR) is 69.5 cm³/mol. The Hall–Kier alpha value is -1.18. The quantitative estimate of drug-likeness (QED) is 0.791. The molecule has 1 heterocycles. The third kappa shape index (κ3) is 2.58. The molecule has 7 heteroatoms. The van der Waals surface area contributed by atoms with Gasteiger partial charge in [-0.25, -0.2) is 12.8 Å². The SMILES string of the molecule is Cc1cc(N)cc(S(=O)(=O)N2CCC(C)(O)C2)c1F. The number of hydrogen-bond donors (Lipinski definition) is 2. The van der Waals surface area contributed by atoms with E-state index in [-0.39, 0.29) is 24.3 Å². The molecule has 5 nitrogen and oxygen atoms in total. The van der Waals surface area contributed by atoms with Crippen LogP contribution in [0, 0.1) is 12.7 Å². The standard InChI is InChI=1S/C12H17FN2O3S/c1-8-5-9(14)6-10(11(8)13)19(17,18)15-4-3-12(2,16)7-15/h5-6,16H,3-4,7,14H2,1-2H3. The van der Waals surface area contributed by atoms with Crippen molar-refractivity contribution in [1.82, 2.24) is 4.31 Å². The molecule has 1 aliphatic heterocycles. The molecule has 0 spiro atoms. The summed E-state index contributed by atoms with van der Waals surface area (Å²) in [6, 6.07) is 2.50. The summed E-state index contributed by atoms with van der Waals surface area (Å²) in [5.41, 5.74) is 4.89. The molecule has 0 bridgehead atoms. The fraction of sp³-hybridized carbons (Fsp3) is 0.500. The van der Waals surface area contributed by atoms with Gasteiger partial charge in [-0.2, -0.15) is 4.31 Å². The second-order valence-corrected chi connectivity index (χ2v) is 7.14. The zero-order valence-corrected chi connectivity index (χ0v) is 11.7. The molecule has 2 rings (SSSR count). The molecule has 106 valence electrons. The van der Waals surface area contributed by atoms with E-state index >= 15 is 0 Å². The minimum absolute atomic E-state index is 0.0391. The monoisotopic (exact) mass is 288 g/mol. The minimum Gasteiger partial charge on any atom is -0.399 e. The maximum atomic E-state index is 14.0. The third-order valence-corrected chi connectivity index (χ3v) is 5.12. The Kier molecular flexibility index (Phi) is 3.32. The van der Waals surface area contributed by atoms with Crippen molar-refractivity contribution in [2.45, 2.75) is 30.8 Å². The Balaban J connectivity index is 2.47. The Labute approximate surface area is 111 Å². The number of β-amino-alcohol motifs (C(OH)–C–C–N with tert-alkyl or cyclic N) is 1. The van der Waals surface area contributed by atoms with E-state index in [1.54, 1.807) is 6.92 Å². The van der Waals surface area contributed by atoms with Crippen molar-refractivity contribution in [2.24, 2.45) is 0 Å². The van der Waals surface area contributed by atoms with Crippen LogP contribution < -0.4 is 5.73 Å². The van der Waals surface area contributed by atoms with Crippen LogP contribution in [0.25, 0.3) is 0 Å². The molecule has 1 atom stereocenters. The topological polar surface area (TPSA) is 83.6 Å². The van der Waals surface area contributed by atoms with E-state index in [0.29, 0.717) is 6.42 Å². The van der Waals surface area contributed by atoms with Gasteiger partial charge in [-0.15, -0.1) is 0 Å². The first kappa shape index (κ1) is 14.2. The van der Waals surface area contributed by atoms with E-state index in [1.807, 2.05) is 0 Å². The van der Waals surface area contributed by atoms with Crippen molar-refractivity contribution in [3.63, 3.8) is 0 Å². The average molecular weight is 288 g/mol. The first-order valence-corrected chi connectivity index (χ1v) is 7.36. The highest BCUT2D eigenvalue weighted by Crippen LogP contribution is 2.30. The van der Waals surface area contributed by atoms with E-state index in [4.69, 9.17) is 5.73 Å². The maximum Gasteiger partial charge on any atom is 0.246 e. The van der Waals surface area contributed by atoms with Crippen molar-refractivity contribution < 1.29 is 17.9 Å². The number of nitrogen functional groups attached to an aromatic ring is 1. The molecule has 1 aliphatic rings. The third-order valence-electron chi connectivity index (χ3n) is 3.28. The lowest BCUT2D eigenvalue weighted by molar-refractivity contribution is 0.0762. The van der Waals surface area contributed by atoms with E-state index in [0.717, 1.165) is 10.4 Å². The summed E-state index contributed by atoms with van der Waals surface area (Å²) < 4.78 is 39.8. The van der Waals surface area contributed by atoms with Gasteiger partial charge in [0, 0.05) is 18.8 Å². The van der Waals surface area contributed by atoms with Crippen LogP contribution in [0.2, 0.25) is 0 Å². The Morgan fingerprint density at radius 2 is 2.11 bits per heavy atom. The molecule has 0 aromatic heterocycles. The van der Waals surface area contributed by atoms with E-state index < -0.39 is 26.3 Å². The second-order valence-electron chi connectivity index (χ2n) is 5.24. The molecule has 0 radical (unpaired) electrons. The van der Waals surface area contributed by atoms with Gasteiger partial charge < -0.3 is 10.8 Å². The number of hydrogen-bond acceptors (Lipinski definition) is 4. The van der Waals surface area contributed by atoms with Crippen LogP contribution >= 0.6 is 0 Å². The zero-order chi connectivity index (χ0) is 14.4. The van der Waals surface area contributed by atoms with Crippen LogP contribution in [0.5, 0.6) is 0 Å². The van der Waals surface area contributed by atoms with Crippen molar-refractivity contribution in [3.8, 4) is 0 Å². The van der Waals surface area contributed by atoms with Crippen LogP contribution in [-0.4, -0.2) is 36.5 Å². The summed E-state index contributed by atoms with van der Waals surface area (Å²) in [6.45, 7) is 3.15. The molecule has 1 aromatic carbocycles. The summed E-state index contributed by atoms with van der Waals surface area (Å²) >= 11 is 0. The highest BCUT2D eigenvalue weighted by Gasteiger charge is 2.39. The lowest BCUT2D eigenvalue weighted by atomic mass is 10.1. The minimum atomic E-state index is -3.97. The fourth-order valence-electron chi connectivity index (χ4n) is 2.20. The maximum absolute atomic E-state index is 14.0. The van der Waals surface area contributed by atoms with Gasteiger partial charge in [-0.05, 0) is 38.0 Å². The Morgan fingerprint density at radius 1 is 1.47 bits per heavy atom. The van der Waals surface area contributed by atoms with Crippen LogP contribution in [0.3, 0.4) is 0 Å². The number of benzene rings is 1. The summed E-state index contributed by atoms with van der Waals surface area (Å²) in [5.74, 6) is -0.791. The first-order valence-electron chi connectivity index (χ1n) is 5.92. The molecule has 1 fully saturated rings. The molecule has 1 unspecified atom stereocenters. The van der Waals surface area contributed by atoms with Crippen LogP contribution in [0.15, 0.2) is 17.0 Å². The smallest absolute Gasteiger partial charge is 0.246 e. The molecular weight excluding hydrogens is 271 g/mol. The molecule has 1 aromatic rings. The Morgan fingerprint density at radius 3 is 2.63 bits per heavy atom. The molecule has 3 N–H and O–H groups in total. The summed E-state index contributed by atoms with van der Waals surface area (Å²) in [6.07, 6.45) is 0.329. The van der Waals surface area contributed by atoms with Crippen LogP contribution in [0.4, 0.5) is 10.1 Å². The van der Waals surface area contributed by atoms with Crippen LogP contribution in [0.1, 0.15) is 18.9 Å². The lowest BCUT2D eigenvalue weighted by Gasteiger charge is -2.19. The number of anilines is 1. The molecular formula is C12H17FN2O3S. The van der Waals surface area contributed by atoms with Crippen molar-refractivity contribution in [1.29, 1.82) is 0 Å². The number of nitrogens with two attached hydrogens (primary N) is 1. The number of aliphatic hydroxyl groups is 1. The molecule has 0 aliphatic carbocycles. The Bertz CT molecular complexity index is 614. The van der Waals surface area contributed by atoms with Gasteiger partial charge in [0.2, 0.25) is 10.0 Å². The van der Waals surface area contributed by atoms with Gasteiger partial charge in [0.25, 0.3) is 0 Å². The van der Waals surface area contributed by atoms with Gasteiger partial charge in [0.05, 0.1) is 5.60 Å². The number of sulfonamides is 1. The highest BCUT2D eigenvalue weighted by molar-refractivity contribution is 7.89. The van der Waals surface area contributed by atoms with Gasteiger partial charge in [0.15, 0.2) is 0 Å². The van der Waals surface area contributed by atoms with Crippen molar-refractivity contribution in [2.75, 3.05) is 18.8 Å². The van der Waals surface area contributed by atoms with Gasteiger partial charge in [-0.1, -0.05) is 0 Å². The first-order chi connectivity index (χ1) is 8.63. The van der Waals surface area contributed by atoms with Crippen molar-refractivity contribution >= 4 is 15.7 Å². The fourth-order valence-corrected chi connectivity index (χ4v) is 3.93. The number of nitrogens with zero attached hydrogens (tertiary/aromatic N) is 1. The summed E-state index contributed by atoms with van der Waals surface area (Å²) in [7, 11) is -3.97. The molecule has 19 heavy (non-hydrogen) atoms. The van der Waals surface area contributed by atoms with Crippen molar-refractivity contribution in [3.05, 3.63) is 23.5 Å². The highest BCUT2D eigenvalue weighted by atomic mass is 32.2. The van der Waals surface area contributed by atoms with E-state index in [2.05, 4.69) is 0 Å². The molecule has 0 amide bonds. The van der Waals surface area contributed by atoms with Gasteiger partial charge in [-0.3, -0.25) is 0 Å². The second kappa shape index (κ2) is 4.43. The summed E-state index contributed by atoms with van der Waals surface area (Å²) in [5, 5.41) is 9.83. The lowest BCUT2D eigenvalue weighted by Crippen LogP contribution is -2.34. The average Bonchev–Trinajstić information content (AvgIpc) is 2.64. The van der Waals surface area contributed by atoms with Gasteiger partial charge in [0.1, 0.15) is 10.7 Å². The van der Waals surface area contributed by atoms with E-state index in [9.17, 15) is 17.9 Å². The molecule has 1 saturated heterocycles.